The van der Waals surface area contributed by atoms with Crippen molar-refractivity contribution in [3.63, 3.8) is 0 Å². The number of halogens is 2. The zero-order valence-corrected chi connectivity index (χ0v) is 13.5. The maximum Gasteiger partial charge on any atom is 0.256 e. The molecule has 0 spiro atoms. The highest BCUT2D eigenvalue weighted by Gasteiger charge is 2.25. The van der Waals surface area contributed by atoms with Crippen molar-refractivity contribution in [3.05, 3.63) is 51.0 Å². The van der Waals surface area contributed by atoms with E-state index in [1.807, 2.05) is 24.3 Å². The number of rotatable bonds is 1. The van der Waals surface area contributed by atoms with Crippen molar-refractivity contribution >= 4 is 50.8 Å². The van der Waals surface area contributed by atoms with Gasteiger partial charge < -0.3 is 14.8 Å². The molecule has 0 radical (unpaired) electrons. The van der Waals surface area contributed by atoms with Crippen LogP contribution in [0.25, 0.3) is 11.6 Å². The Kier molecular flexibility index (Phi) is 3.13. The summed E-state index contributed by atoms with van der Waals surface area (Å²) in [5.74, 6) is 1.20. The van der Waals surface area contributed by atoms with Gasteiger partial charge in [0, 0.05) is 16.2 Å². The lowest BCUT2D eigenvalue weighted by molar-refractivity contribution is -0.110. The van der Waals surface area contributed by atoms with E-state index < -0.39 is 0 Å². The van der Waals surface area contributed by atoms with Crippen LogP contribution in [0.15, 0.2) is 34.8 Å². The van der Waals surface area contributed by atoms with Crippen LogP contribution in [0.4, 0.5) is 5.69 Å². The Hall–Kier alpha value is -1.98. The van der Waals surface area contributed by atoms with Crippen molar-refractivity contribution in [3.8, 4) is 11.5 Å². The van der Waals surface area contributed by atoms with E-state index in [0.29, 0.717) is 22.1 Å². The second kappa shape index (κ2) is 5.04. The minimum atomic E-state index is -0.147. The number of carbonyl (C=O) groups is 1. The van der Waals surface area contributed by atoms with E-state index in [-0.39, 0.29) is 12.7 Å². The van der Waals surface area contributed by atoms with Gasteiger partial charge in [0.2, 0.25) is 6.79 Å². The van der Waals surface area contributed by atoms with Crippen molar-refractivity contribution in [1.29, 1.82) is 0 Å². The van der Waals surface area contributed by atoms with Crippen molar-refractivity contribution in [1.82, 2.24) is 0 Å². The van der Waals surface area contributed by atoms with E-state index in [1.165, 1.54) is 0 Å². The van der Waals surface area contributed by atoms with Crippen molar-refractivity contribution < 1.29 is 14.3 Å². The van der Waals surface area contributed by atoms with Crippen molar-refractivity contribution in [2.24, 2.45) is 0 Å². The van der Waals surface area contributed by atoms with Gasteiger partial charge in [0.05, 0.1) is 10.2 Å². The molecular formula is C16H9BrClNO3. The highest BCUT2D eigenvalue weighted by molar-refractivity contribution is 9.10. The Morgan fingerprint density at radius 3 is 2.95 bits per heavy atom. The third-order valence-corrected chi connectivity index (χ3v) is 4.35. The molecule has 0 saturated carbocycles. The SMILES string of the molecule is O=C1Nc2cc(Cl)ccc2/C1=C\c1cc(Br)c2c(c1)OCO2. The highest BCUT2D eigenvalue weighted by atomic mass is 79.9. The van der Waals surface area contributed by atoms with E-state index in [1.54, 1.807) is 12.1 Å². The third kappa shape index (κ3) is 2.17. The molecule has 4 rings (SSSR count). The molecule has 2 heterocycles. The summed E-state index contributed by atoms with van der Waals surface area (Å²) in [5, 5.41) is 3.41. The van der Waals surface area contributed by atoms with Crippen molar-refractivity contribution in [2.45, 2.75) is 0 Å². The van der Waals surface area contributed by atoms with Crippen LogP contribution in [0.3, 0.4) is 0 Å². The molecule has 0 fully saturated rings. The first-order chi connectivity index (χ1) is 10.6. The predicted octanol–water partition coefficient (Wildman–Crippen LogP) is 4.32. The molecule has 22 heavy (non-hydrogen) atoms. The van der Waals surface area contributed by atoms with Crippen LogP contribution >= 0.6 is 27.5 Å². The molecule has 1 amide bonds. The van der Waals surface area contributed by atoms with Crippen LogP contribution in [-0.4, -0.2) is 12.7 Å². The van der Waals surface area contributed by atoms with E-state index in [4.69, 9.17) is 21.1 Å². The van der Waals surface area contributed by atoms with Gasteiger partial charge >= 0.3 is 0 Å². The number of fused-ring (bicyclic) bond motifs is 2. The molecule has 2 aromatic rings. The molecule has 0 unspecified atom stereocenters. The van der Waals surface area contributed by atoms with Crippen LogP contribution in [0.5, 0.6) is 11.5 Å². The fourth-order valence-electron chi connectivity index (χ4n) is 2.55. The Labute approximate surface area is 139 Å². The number of carbonyl (C=O) groups excluding carboxylic acids is 1. The fraction of sp³-hybridized carbons (Fsp3) is 0.0625. The number of nitrogens with one attached hydrogen (secondary N) is 1. The molecule has 6 heteroatoms. The standard InChI is InChI=1S/C16H9BrClNO3/c17-12-4-8(5-14-15(12)22-7-21-14)3-11-10-2-1-9(18)6-13(10)19-16(11)20/h1-6H,7H2,(H,19,20)/b11-3+. The molecule has 0 atom stereocenters. The van der Waals surface area contributed by atoms with E-state index in [2.05, 4.69) is 21.2 Å². The molecule has 0 aliphatic carbocycles. The summed E-state index contributed by atoms with van der Waals surface area (Å²) in [6, 6.07) is 9.08. The zero-order chi connectivity index (χ0) is 15.3. The Bertz CT molecular complexity index is 848. The third-order valence-electron chi connectivity index (χ3n) is 3.53. The van der Waals surface area contributed by atoms with Gasteiger partial charge in [-0.2, -0.15) is 0 Å². The number of anilines is 1. The molecule has 0 bridgehead atoms. The average molecular weight is 379 g/mol. The van der Waals surface area contributed by atoms with E-state index in [0.717, 1.165) is 21.3 Å². The molecule has 0 aromatic heterocycles. The number of hydrogen-bond acceptors (Lipinski definition) is 3. The quantitative estimate of drug-likeness (QED) is 0.752. The predicted molar refractivity (Wildman–Crippen MR) is 88.2 cm³/mol. The number of amides is 1. The lowest BCUT2D eigenvalue weighted by Crippen LogP contribution is -2.03. The normalized spacial score (nSPS) is 16.8. The lowest BCUT2D eigenvalue weighted by atomic mass is 10.0. The maximum absolute atomic E-state index is 12.2. The van der Waals surface area contributed by atoms with Gasteiger partial charge in [-0.1, -0.05) is 17.7 Å². The molecule has 2 aliphatic rings. The first kappa shape index (κ1) is 13.7. The minimum Gasteiger partial charge on any atom is -0.454 e. The zero-order valence-electron chi connectivity index (χ0n) is 11.2. The molecular weight excluding hydrogens is 370 g/mol. The number of benzene rings is 2. The van der Waals surface area contributed by atoms with Gasteiger partial charge in [-0.05, 0) is 51.8 Å². The number of hydrogen-bond donors (Lipinski definition) is 1. The van der Waals surface area contributed by atoms with Crippen LogP contribution in [-0.2, 0) is 4.79 Å². The van der Waals surface area contributed by atoms with Gasteiger partial charge in [0.25, 0.3) is 5.91 Å². The molecule has 2 aromatic carbocycles. The fourth-order valence-corrected chi connectivity index (χ4v) is 3.29. The van der Waals surface area contributed by atoms with Gasteiger partial charge in [-0.3, -0.25) is 4.79 Å². The van der Waals surface area contributed by atoms with Crippen molar-refractivity contribution in [2.75, 3.05) is 12.1 Å². The van der Waals surface area contributed by atoms with E-state index in [9.17, 15) is 4.79 Å². The lowest BCUT2D eigenvalue weighted by Gasteiger charge is -2.03. The Morgan fingerprint density at radius 1 is 1.23 bits per heavy atom. The molecule has 2 aliphatic heterocycles. The van der Waals surface area contributed by atoms with Crippen LogP contribution in [0, 0.1) is 0 Å². The van der Waals surface area contributed by atoms with Crippen LogP contribution in [0.2, 0.25) is 5.02 Å². The monoisotopic (exact) mass is 377 g/mol. The summed E-state index contributed by atoms with van der Waals surface area (Å²) in [4.78, 5) is 12.2. The summed E-state index contributed by atoms with van der Waals surface area (Å²) in [6.45, 7) is 0.204. The average Bonchev–Trinajstić information content (AvgIpc) is 3.04. The van der Waals surface area contributed by atoms with Crippen LogP contribution < -0.4 is 14.8 Å². The highest BCUT2D eigenvalue weighted by Crippen LogP contribution is 2.41. The first-order valence-corrected chi connectivity index (χ1v) is 7.71. The van der Waals surface area contributed by atoms with Gasteiger partial charge in [0.15, 0.2) is 11.5 Å². The first-order valence-electron chi connectivity index (χ1n) is 6.54. The smallest absolute Gasteiger partial charge is 0.256 e. The van der Waals surface area contributed by atoms with Gasteiger partial charge in [-0.25, -0.2) is 0 Å². The largest absolute Gasteiger partial charge is 0.454 e. The van der Waals surface area contributed by atoms with E-state index >= 15 is 0 Å². The maximum atomic E-state index is 12.2. The summed E-state index contributed by atoms with van der Waals surface area (Å²) >= 11 is 9.41. The summed E-state index contributed by atoms with van der Waals surface area (Å²) in [5.41, 5.74) is 3.01. The minimum absolute atomic E-state index is 0.147. The van der Waals surface area contributed by atoms with Crippen LogP contribution in [0.1, 0.15) is 11.1 Å². The topological polar surface area (TPSA) is 47.6 Å². The summed E-state index contributed by atoms with van der Waals surface area (Å²) < 4.78 is 11.6. The summed E-state index contributed by atoms with van der Waals surface area (Å²) in [7, 11) is 0. The Balaban J connectivity index is 1.81. The second-order valence-corrected chi connectivity index (χ2v) is 6.23. The second-order valence-electron chi connectivity index (χ2n) is 4.94. The van der Waals surface area contributed by atoms with Gasteiger partial charge in [-0.15, -0.1) is 0 Å². The molecule has 110 valence electrons. The number of ether oxygens (including phenoxy) is 2. The Morgan fingerprint density at radius 2 is 2.09 bits per heavy atom. The summed E-state index contributed by atoms with van der Waals surface area (Å²) in [6.07, 6.45) is 1.82. The van der Waals surface area contributed by atoms with Gasteiger partial charge in [0.1, 0.15) is 0 Å². The molecule has 1 N–H and O–H groups in total. The molecule has 0 saturated heterocycles. The molecule has 4 nitrogen and oxygen atoms in total.